The first-order chi connectivity index (χ1) is 12.5. The molecule has 26 heavy (non-hydrogen) atoms. The number of benzene rings is 1. The molecular formula is C19H28N4O2S. The molecule has 142 valence electrons. The molecule has 1 atom stereocenters. The summed E-state index contributed by atoms with van der Waals surface area (Å²) in [5.41, 5.74) is 0.630. The van der Waals surface area contributed by atoms with E-state index in [1.54, 1.807) is 11.6 Å². The van der Waals surface area contributed by atoms with Crippen LogP contribution in [0.5, 0.6) is 0 Å². The standard InChI is InChI=1S/C19H28N4O2S/c1-5-22(6-2)12-9-13-23-18(25)15-10-7-8-11-16(15)21-19(23)26-14(3)17(24)20-4/h7-8,10-11,14H,5-6,9,12-13H2,1-4H3,(H,20,24)/t14-/m1/s1. The number of thioether (sulfide) groups is 1. The summed E-state index contributed by atoms with van der Waals surface area (Å²) in [5, 5.41) is 3.55. The Morgan fingerprint density at radius 3 is 2.65 bits per heavy atom. The maximum Gasteiger partial charge on any atom is 0.262 e. The molecule has 0 aliphatic heterocycles. The maximum absolute atomic E-state index is 13.0. The Morgan fingerprint density at radius 1 is 1.31 bits per heavy atom. The van der Waals surface area contributed by atoms with E-state index in [9.17, 15) is 9.59 Å². The van der Waals surface area contributed by atoms with Crippen LogP contribution in [0, 0.1) is 0 Å². The molecule has 1 aromatic heterocycles. The third-order valence-electron chi connectivity index (χ3n) is 4.47. The van der Waals surface area contributed by atoms with E-state index in [1.165, 1.54) is 11.8 Å². The van der Waals surface area contributed by atoms with Crippen LogP contribution >= 0.6 is 11.8 Å². The highest BCUT2D eigenvalue weighted by molar-refractivity contribution is 8.00. The number of hydrogen-bond donors (Lipinski definition) is 1. The predicted molar refractivity (Wildman–Crippen MR) is 108 cm³/mol. The number of aromatic nitrogens is 2. The summed E-state index contributed by atoms with van der Waals surface area (Å²) in [4.78, 5) is 31.9. The summed E-state index contributed by atoms with van der Waals surface area (Å²) < 4.78 is 1.72. The lowest BCUT2D eigenvalue weighted by molar-refractivity contribution is -0.119. The number of amides is 1. The molecule has 6 nitrogen and oxygen atoms in total. The van der Waals surface area contributed by atoms with Gasteiger partial charge in [0.2, 0.25) is 5.91 Å². The van der Waals surface area contributed by atoms with Gasteiger partial charge < -0.3 is 10.2 Å². The number of carbonyl (C=O) groups excluding carboxylic acids is 1. The van der Waals surface area contributed by atoms with Crippen LogP contribution in [0.4, 0.5) is 0 Å². The first-order valence-electron chi connectivity index (χ1n) is 9.12. The van der Waals surface area contributed by atoms with Crippen molar-refractivity contribution in [1.82, 2.24) is 19.8 Å². The minimum absolute atomic E-state index is 0.0400. The van der Waals surface area contributed by atoms with Gasteiger partial charge in [-0.15, -0.1) is 0 Å². The van der Waals surface area contributed by atoms with Crippen molar-refractivity contribution >= 4 is 28.6 Å². The SMILES string of the molecule is CCN(CC)CCCn1c(S[C@H](C)C(=O)NC)nc2ccccc2c1=O. The number of nitrogens with zero attached hydrogens (tertiary/aromatic N) is 3. The number of para-hydroxylation sites is 1. The first-order valence-corrected chi connectivity index (χ1v) is 9.99. The summed E-state index contributed by atoms with van der Waals surface area (Å²) in [6, 6.07) is 7.37. The quantitative estimate of drug-likeness (QED) is 0.537. The zero-order valence-corrected chi connectivity index (χ0v) is 16.8. The molecule has 0 aliphatic carbocycles. The molecule has 0 spiro atoms. The Bertz CT molecular complexity index is 802. The zero-order chi connectivity index (χ0) is 19.1. The van der Waals surface area contributed by atoms with Crippen LogP contribution in [0.3, 0.4) is 0 Å². The van der Waals surface area contributed by atoms with Crippen LogP contribution in [0.25, 0.3) is 10.9 Å². The molecule has 0 saturated heterocycles. The molecular weight excluding hydrogens is 348 g/mol. The van der Waals surface area contributed by atoms with Gasteiger partial charge in [0, 0.05) is 13.6 Å². The van der Waals surface area contributed by atoms with Gasteiger partial charge in [0.1, 0.15) is 0 Å². The maximum atomic E-state index is 13.0. The highest BCUT2D eigenvalue weighted by Crippen LogP contribution is 2.22. The van der Waals surface area contributed by atoms with E-state index in [0.717, 1.165) is 26.1 Å². The summed E-state index contributed by atoms with van der Waals surface area (Å²) in [6.45, 7) is 9.62. The van der Waals surface area contributed by atoms with E-state index >= 15 is 0 Å². The van der Waals surface area contributed by atoms with E-state index in [-0.39, 0.29) is 16.7 Å². The molecule has 0 aliphatic rings. The van der Waals surface area contributed by atoms with Crippen molar-refractivity contribution < 1.29 is 4.79 Å². The Hall–Kier alpha value is -1.86. The van der Waals surface area contributed by atoms with Gasteiger partial charge in [0.15, 0.2) is 5.16 Å². The number of carbonyl (C=O) groups is 1. The molecule has 0 saturated carbocycles. The van der Waals surface area contributed by atoms with Crippen molar-refractivity contribution in [3.63, 3.8) is 0 Å². The second kappa shape index (κ2) is 9.73. The Balaban J connectivity index is 2.34. The number of hydrogen-bond acceptors (Lipinski definition) is 5. The lowest BCUT2D eigenvalue weighted by atomic mass is 10.2. The Morgan fingerprint density at radius 2 is 2.00 bits per heavy atom. The lowest BCUT2D eigenvalue weighted by Gasteiger charge is -2.19. The van der Waals surface area contributed by atoms with E-state index in [4.69, 9.17) is 0 Å². The second-order valence-corrected chi connectivity index (χ2v) is 7.43. The van der Waals surface area contributed by atoms with Gasteiger partial charge in [0.05, 0.1) is 16.2 Å². The van der Waals surface area contributed by atoms with Crippen LogP contribution in [0.1, 0.15) is 27.2 Å². The van der Waals surface area contributed by atoms with Crippen molar-refractivity contribution in [2.45, 2.75) is 44.1 Å². The molecule has 0 fully saturated rings. The largest absolute Gasteiger partial charge is 0.358 e. The molecule has 1 heterocycles. The van der Waals surface area contributed by atoms with Crippen molar-refractivity contribution in [3.8, 4) is 0 Å². The molecule has 0 unspecified atom stereocenters. The highest BCUT2D eigenvalue weighted by atomic mass is 32.2. The minimum Gasteiger partial charge on any atom is -0.358 e. The molecule has 0 bridgehead atoms. The molecule has 0 radical (unpaired) electrons. The summed E-state index contributed by atoms with van der Waals surface area (Å²) in [7, 11) is 1.62. The summed E-state index contributed by atoms with van der Waals surface area (Å²) in [5.74, 6) is -0.0768. The number of nitrogens with one attached hydrogen (secondary N) is 1. The third-order valence-corrected chi connectivity index (χ3v) is 5.57. The first kappa shape index (κ1) is 20.5. The Labute approximate surface area is 159 Å². The molecule has 2 aromatic rings. The molecule has 2 rings (SSSR count). The van der Waals surface area contributed by atoms with Gasteiger partial charge in [-0.05, 0) is 45.1 Å². The minimum atomic E-state index is -0.318. The lowest BCUT2D eigenvalue weighted by Crippen LogP contribution is -2.30. The van der Waals surface area contributed by atoms with E-state index in [2.05, 4.69) is 29.0 Å². The molecule has 1 amide bonds. The normalized spacial score (nSPS) is 12.5. The monoisotopic (exact) mass is 376 g/mol. The van der Waals surface area contributed by atoms with Gasteiger partial charge >= 0.3 is 0 Å². The van der Waals surface area contributed by atoms with Gasteiger partial charge in [-0.25, -0.2) is 4.98 Å². The highest BCUT2D eigenvalue weighted by Gasteiger charge is 2.18. The fraction of sp³-hybridized carbons (Fsp3) is 0.526. The van der Waals surface area contributed by atoms with Gasteiger partial charge in [-0.3, -0.25) is 14.2 Å². The average Bonchev–Trinajstić information content (AvgIpc) is 2.66. The molecule has 1 aromatic carbocycles. The fourth-order valence-electron chi connectivity index (χ4n) is 2.84. The van der Waals surface area contributed by atoms with Crippen LogP contribution in [0.2, 0.25) is 0 Å². The number of fused-ring (bicyclic) bond motifs is 1. The predicted octanol–water partition coefficient (Wildman–Crippen LogP) is 2.35. The van der Waals surface area contributed by atoms with Crippen molar-refractivity contribution in [2.24, 2.45) is 0 Å². The van der Waals surface area contributed by atoms with Gasteiger partial charge in [0.25, 0.3) is 5.56 Å². The van der Waals surface area contributed by atoms with Crippen LogP contribution in [-0.4, -0.2) is 52.3 Å². The molecule has 1 N–H and O–H groups in total. The zero-order valence-electron chi connectivity index (χ0n) is 16.0. The molecule has 7 heteroatoms. The second-order valence-electron chi connectivity index (χ2n) is 6.12. The van der Waals surface area contributed by atoms with Gasteiger partial charge in [-0.1, -0.05) is 37.7 Å². The average molecular weight is 377 g/mol. The van der Waals surface area contributed by atoms with E-state index in [1.807, 2.05) is 31.2 Å². The van der Waals surface area contributed by atoms with Crippen LogP contribution in [0.15, 0.2) is 34.2 Å². The topological polar surface area (TPSA) is 67.2 Å². The van der Waals surface area contributed by atoms with Crippen molar-refractivity contribution in [1.29, 1.82) is 0 Å². The van der Waals surface area contributed by atoms with Crippen molar-refractivity contribution in [2.75, 3.05) is 26.7 Å². The smallest absolute Gasteiger partial charge is 0.262 e. The van der Waals surface area contributed by atoms with E-state index in [0.29, 0.717) is 22.6 Å². The summed E-state index contributed by atoms with van der Waals surface area (Å²) in [6.07, 6.45) is 0.865. The number of rotatable bonds is 9. The fourth-order valence-corrected chi connectivity index (χ4v) is 3.84. The third kappa shape index (κ3) is 4.86. The van der Waals surface area contributed by atoms with Gasteiger partial charge in [-0.2, -0.15) is 0 Å². The van der Waals surface area contributed by atoms with Crippen molar-refractivity contribution in [3.05, 3.63) is 34.6 Å². The Kier molecular flexibility index (Phi) is 7.66. The van der Waals surface area contributed by atoms with Crippen LogP contribution in [-0.2, 0) is 11.3 Å². The van der Waals surface area contributed by atoms with Crippen LogP contribution < -0.4 is 10.9 Å². The van der Waals surface area contributed by atoms with E-state index < -0.39 is 0 Å². The summed E-state index contributed by atoms with van der Waals surface area (Å²) >= 11 is 1.33.